The van der Waals surface area contributed by atoms with Gasteiger partial charge in [-0.05, 0) is 6.42 Å². The standard InChI is InChI=1S/C7H13N3O3S/c1-2-6(4-11)10-14(12,13)7-3-8-5-9-7/h3,5-6,10-11H,2,4H2,1H3,(H,8,9). The Morgan fingerprint density at radius 1 is 1.71 bits per heavy atom. The van der Waals surface area contributed by atoms with Gasteiger partial charge in [-0.15, -0.1) is 0 Å². The Balaban J connectivity index is 2.77. The number of H-pyrrole nitrogens is 1. The number of aromatic nitrogens is 2. The van der Waals surface area contributed by atoms with E-state index in [9.17, 15) is 8.42 Å². The van der Waals surface area contributed by atoms with Gasteiger partial charge in [-0.3, -0.25) is 0 Å². The quantitative estimate of drug-likeness (QED) is 0.619. The summed E-state index contributed by atoms with van der Waals surface area (Å²) < 4.78 is 25.4. The van der Waals surface area contributed by atoms with E-state index in [0.29, 0.717) is 6.42 Å². The first-order valence-corrected chi connectivity index (χ1v) is 5.70. The minimum absolute atomic E-state index is 0.00407. The van der Waals surface area contributed by atoms with Crippen LogP contribution in [0.3, 0.4) is 0 Å². The Hall–Kier alpha value is -0.920. The normalized spacial score (nSPS) is 14.1. The Labute approximate surface area is 82.4 Å². The van der Waals surface area contributed by atoms with E-state index >= 15 is 0 Å². The van der Waals surface area contributed by atoms with E-state index in [1.54, 1.807) is 6.92 Å². The number of sulfonamides is 1. The van der Waals surface area contributed by atoms with Crippen LogP contribution < -0.4 is 4.72 Å². The maximum Gasteiger partial charge on any atom is 0.257 e. The Morgan fingerprint density at radius 3 is 2.86 bits per heavy atom. The first kappa shape index (κ1) is 11.2. The third-order valence-electron chi connectivity index (χ3n) is 1.80. The highest BCUT2D eigenvalue weighted by Crippen LogP contribution is 2.04. The topological polar surface area (TPSA) is 95.1 Å². The molecule has 3 N–H and O–H groups in total. The van der Waals surface area contributed by atoms with Crippen molar-refractivity contribution >= 4 is 10.0 Å². The average molecular weight is 219 g/mol. The maximum absolute atomic E-state index is 11.5. The first-order valence-electron chi connectivity index (χ1n) is 4.21. The van der Waals surface area contributed by atoms with Crippen LogP contribution in [0.5, 0.6) is 0 Å². The maximum atomic E-state index is 11.5. The Morgan fingerprint density at radius 2 is 2.43 bits per heavy atom. The lowest BCUT2D eigenvalue weighted by Gasteiger charge is -2.12. The zero-order valence-corrected chi connectivity index (χ0v) is 8.58. The molecule has 0 amide bonds. The summed E-state index contributed by atoms with van der Waals surface area (Å²) in [6.45, 7) is 1.57. The molecule has 0 aliphatic carbocycles. The lowest BCUT2D eigenvalue weighted by Crippen LogP contribution is -2.37. The molecule has 1 aromatic heterocycles. The van der Waals surface area contributed by atoms with Gasteiger partial charge in [0, 0.05) is 6.04 Å². The van der Waals surface area contributed by atoms with Gasteiger partial charge in [0.25, 0.3) is 10.0 Å². The summed E-state index contributed by atoms with van der Waals surface area (Å²) in [5.41, 5.74) is 0. The van der Waals surface area contributed by atoms with Crippen LogP contribution in [-0.2, 0) is 10.0 Å². The van der Waals surface area contributed by atoms with Crippen LogP contribution in [0.1, 0.15) is 13.3 Å². The number of hydrogen-bond donors (Lipinski definition) is 3. The van der Waals surface area contributed by atoms with Crippen molar-refractivity contribution in [1.82, 2.24) is 14.7 Å². The fourth-order valence-electron chi connectivity index (χ4n) is 0.923. The van der Waals surface area contributed by atoms with Crippen molar-refractivity contribution < 1.29 is 13.5 Å². The molecular weight excluding hydrogens is 206 g/mol. The van der Waals surface area contributed by atoms with Crippen LogP contribution in [0.4, 0.5) is 0 Å². The highest BCUT2D eigenvalue weighted by molar-refractivity contribution is 7.89. The number of aliphatic hydroxyl groups is 1. The lowest BCUT2D eigenvalue weighted by molar-refractivity contribution is 0.253. The molecule has 1 unspecified atom stereocenters. The molecule has 0 saturated carbocycles. The largest absolute Gasteiger partial charge is 0.395 e. The smallest absolute Gasteiger partial charge is 0.257 e. The highest BCUT2D eigenvalue weighted by atomic mass is 32.2. The first-order chi connectivity index (χ1) is 6.60. The van der Waals surface area contributed by atoms with Crippen LogP contribution in [0.2, 0.25) is 0 Å². The van der Waals surface area contributed by atoms with Gasteiger partial charge in [-0.25, -0.2) is 18.1 Å². The van der Waals surface area contributed by atoms with Gasteiger partial charge < -0.3 is 10.1 Å². The zero-order valence-electron chi connectivity index (χ0n) is 7.77. The fourth-order valence-corrected chi connectivity index (χ4v) is 2.14. The van der Waals surface area contributed by atoms with Crippen LogP contribution in [0, 0.1) is 0 Å². The van der Waals surface area contributed by atoms with Crippen LogP contribution in [0.15, 0.2) is 17.6 Å². The summed E-state index contributed by atoms with van der Waals surface area (Å²) in [7, 11) is -3.57. The number of imidazole rings is 1. The number of hydrogen-bond acceptors (Lipinski definition) is 4. The second kappa shape index (κ2) is 4.54. The van der Waals surface area contributed by atoms with Crippen molar-refractivity contribution in [3.8, 4) is 0 Å². The van der Waals surface area contributed by atoms with E-state index in [0.717, 1.165) is 0 Å². The minimum Gasteiger partial charge on any atom is -0.395 e. The molecule has 1 aromatic rings. The molecular formula is C7H13N3O3S. The molecule has 0 saturated heterocycles. The van der Waals surface area contributed by atoms with Crippen molar-refractivity contribution in [2.45, 2.75) is 24.4 Å². The summed E-state index contributed by atoms with van der Waals surface area (Å²) >= 11 is 0. The van der Waals surface area contributed by atoms with Crippen molar-refractivity contribution in [3.05, 3.63) is 12.5 Å². The number of nitrogens with zero attached hydrogens (tertiary/aromatic N) is 1. The monoisotopic (exact) mass is 219 g/mol. The average Bonchev–Trinajstić information content (AvgIpc) is 2.67. The number of rotatable bonds is 5. The number of nitrogens with one attached hydrogen (secondary N) is 2. The molecule has 0 aromatic carbocycles. The van der Waals surface area contributed by atoms with Gasteiger partial charge in [0.2, 0.25) is 0 Å². The lowest BCUT2D eigenvalue weighted by atomic mass is 10.3. The third-order valence-corrected chi connectivity index (χ3v) is 3.24. The molecule has 14 heavy (non-hydrogen) atoms. The molecule has 6 nitrogen and oxygen atoms in total. The van der Waals surface area contributed by atoms with Gasteiger partial charge in [0.05, 0.1) is 19.1 Å². The van der Waals surface area contributed by atoms with E-state index in [2.05, 4.69) is 14.7 Å². The molecule has 1 heterocycles. The molecule has 0 bridgehead atoms. The summed E-state index contributed by atoms with van der Waals surface area (Å²) in [4.78, 5) is 6.10. The third kappa shape index (κ3) is 2.53. The summed E-state index contributed by atoms with van der Waals surface area (Å²) in [5, 5.41) is 8.84. The molecule has 7 heteroatoms. The molecule has 1 atom stereocenters. The Kier molecular flexibility index (Phi) is 3.62. The number of aliphatic hydroxyl groups excluding tert-OH is 1. The minimum atomic E-state index is -3.57. The van der Waals surface area contributed by atoms with E-state index in [4.69, 9.17) is 5.11 Å². The number of aromatic amines is 1. The van der Waals surface area contributed by atoms with Crippen LogP contribution in [0.25, 0.3) is 0 Å². The van der Waals surface area contributed by atoms with Crippen molar-refractivity contribution in [1.29, 1.82) is 0 Å². The van der Waals surface area contributed by atoms with Crippen molar-refractivity contribution in [2.24, 2.45) is 0 Å². The summed E-state index contributed by atoms with van der Waals surface area (Å²) in [6.07, 6.45) is 3.03. The van der Waals surface area contributed by atoms with Gasteiger partial charge in [-0.2, -0.15) is 0 Å². The zero-order chi connectivity index (χ0) is 10.6. The molecule has 0 aliphatic heterocycles. The summed E-state index contributed by atoms with van der Waals surface area (Å²) in [6, 6.07) is -0.455. The van der Waals surface area contributed by atoms with Gasteiger partial charge >= 0.3 is 0 Å². The van der Waals surface area contributed by atoms with Crippen LogP contribution >= 0.6 is 0 Å². The predicted octanol–water partition coefficient (Wildman–Crippen LogP) is -0.541. The van der Waals surface area contributed by atoms with Gasteiger partial charge in [-0.1, -0.05) is 6.92 Å². The van der Waals surface area contributed by atoms with E-state index in [-0.39, 0.29) is 11.6 Å². The second-order valence-corrected chi connectivity index (χ2v) is 4.51. The molecule has 0 aliphatic rings. The van der Waals surface area contributed by atoms with Crippen molar-refractivity contribution in [3.63, 3.8) is 0 Å². The van der Waals surface area contributed by atoms with Crippen molar-refractivity contribution in [2.75, 3.05) is 6.61 Å². The highest BCUT2D eigenvalue weighted by Gasteiger charge is 2.19. The molecule has 0 fully saturated rings. The molecule has 0 radical (unpaired) electrons. The van der Waals surface area contributed by atoms with Gasteiger partial charge in [0.15, 0.2) is 5.03 Å². The second-order valence-electron chi connectivity index (χ2n) is 2.82. The van der Waals surface area contributed by atoms with E-state index < -0.39 is 16.1 Å². The SMILES string of the molecule is CCC(CO)NS(=O)(=O)c1cnc[nH]1. The molecule has 80 valence electrons. The van der Waals surface area contributed by atoms with E-state index in [1.807, 2.05) is 0 Å². The fraction of sp³-hybridized carbons (Fsp3) is 0.571. The van der Waals surface area contributed by atoms with Crippen LogP contribution in [-0.4, -0.2) is 36.1 Å². The predicted molar refractivity (Wildman–Crippen MR) is 50.1 cm³/mol. The molecule has 1 rings (SSSR count). The molecule has 0 spiro atoms. The van der Waals surface area contributed by atoms with E-state index in [1.165, 1.54) is 12.5 Å². The van der Waals surface area contributed by atoms with Gasteiger partial charge in [0.1, 0.15) is 0 Å². The Bertz CT molecular complexity index is 356. The summed E-state index contributed by atoms with van der Waals surface area (Å²) in [5.74, 6) is 0.